The van der Waals surface area contributed by atoms with E-state index in [-0.39, 0.29) is 0 Å². The maximum Gasteiger partial charge on any atom is 0.237 e. The zero-order valence-corrected chi connectivity index (χ0v) is 16.4. The fourth-order valence-corrected chi connectivity index (χ4v) is 3.87. The molecule has 0 aliphatic carbocycles. The first kappa shape index (κ1) is 17.6. The van der Waals surface area contributed by atoms with Crippen LogP contribution in [0.15, 0.2) is 76.7 Å². The summed E-state index contributed by atoms with van der Waals surface area (Å²) < 4.78 is 7.25. The van der Waals surface area contributed by atoms with Gasteiger partial charge in [0.1, 0.15) is 11.4 Å². The van der Waals surface area contributed by atoms with Crippen molar-refractivity contribution in [3.8, 4) is 17.1 Å². The molecule has 0 saturated carbocycles. The first-order valence-electron chi connectivity index (χ1n) is 9.05. The summed E-state index contributed by atoms with van der Waals surface area (Å²) in [4.78, 5) is 13.4. The highest BCUT2D eigenvalue weighted by Crippen LogP contribution is 2.29. The minimum atomic E-state index is 0.515. The average Bonchev–Trinajstić information content (AvgIpc) is 3.41. The standard InChI is InChI=1S/C21H16N6OS/c1-14-7-5-6-10-16(14)19-25-18(28-26-19)12-29-21-17-11-24-27(20(17)22-13-23-21)15-8-3-2-4-9-15/h2-11,13H,12H2,1H3. The Bertz CT molecular complexity index is 1280. The summed E-state index contributed by atoms with van der Waals surface area (Å²) in [5.41, 5.74) is 3.80. The van der Waals surface area contributed by atoms with Crippen LogP contribution in [0, 0.1) is 6.92 Å². The largest absolute Gasteiger partial charge is 0.338 e. The molecule has 8 heteroatoms. The van der Waals surface area contributed by atoms with Crippen LogP contribution < -0.4 is 0 Å². The van der Waals surface area contributed by atoms with Crippen LogP contribution >= 0.6 is 11.8 Å². The van der Waals surface area contributed by atoms with E-state index in [4.69, 9.17) is 4.52 Å². The summed E-state index contributed by atoms with van der Waals surface area (Å²) in [5.74, 6) is 1.67. The number of nitrogens with zero attached hydrogens (tertiary/aromatic N) is 6. The molecule has 0 N–H and O–H groups in total. The van der Waals surface area contributed by atoms with Gasteiger partial charge in [-0.3, -0.25) is 0 Å². The number of hydrogen-bond donors (Lipinski definition) is 0. The second-order valence-electron chi connectivity index (χ2n) is 6.42. The van der Waals surface area contributed by atoms with Crippen molar-refractivity contribution in [2.24, 2.45) is 0 Å². The van der Waals surface area contributed by atoms with Crippen LogP contribution in [-0.4, -0.2) is 29.9 Å². The van der Waals surface area contributed by atoms with Gasteiger partial charge < -0.3 is 4.52 Å². The monoisotopic (exact) mass is 400 g/mol. The predicted molar refractivity (Wildman–Crippen MR) is 111 cm³/mol. The van der Waals surface area contributed by atoms with Crippen molar-refractivity contribution in [1.29, 1.82) is 0 Å². The second-order valence-corrected chi connectivity index (χ2v) is 7.39. The lowest BCUT2D eigenvalue weighted by Crippen LogP contribution is -1.97. The van der Waals surface area contributed by atoms with Gasteiger partial charge in [-0.1, -0.05) is 59.4 Å². The van der Waals surface area contributed by atoms with Gasteiger partial charge in [-0.25, -0.2) is 14.6 Å². The Morgan fingerprint density at radius 2 is 1.83 bits per heavy atom. The molecule has 0 atom stereocenters. The van der Waals surface area contributed by atoms with Gasteiger partial charge in [-0.05, 0) is 24.6 Å². The summed E-state index contributed by atoms with van der Waals surface area (Å²) in [6.45, 7) is 2.03. The fraction of sp³-hybridized carbons (Fsp3) is 0.0952. The summed E-state index contributed by atoms with van der Waals surface area (Å²) in [6.07, 6.45) is 3.34. The van der Waals surface area contributed by atoms with Gasteiger partial charge in [-0.2, -0.15) is 10.1 Å². The molecule has 0 aliphatic heterocycles. The topological polar surface area (TPSA) is 82.5 Å². The molecule has 0 amide bonds. The zero-order valence-electron chi connectivity index (χ0n) is 15.6. The normalized spacial score (nSPS) is 11.2. The van der Waals surface area contributed by atoms with Crippen molar-refractivity contribution < 1.29 is 4.52 Å². The third-order valence-electron chi connectivity index (χ3n) is 4.52. The molecule has 5 rings (SSSR count). The van der Waals surface area contributed by atoms with Crippen LogP contribution in [0.25, 0.3) is 28.1 Å². The van der Waals surface area contributed by atoms with E-state index in [0.29, 0.717) is 17.5 Å². The molecule has 0 aliphatic rings. The van der Waals surface area contributed by atoms with Crippen molar-refractivity contribution in [2.75, 3.05) is 0 Å². The van der Waals surface area contributed by atoms with Crippen LogP contribution in [0.3, 0.4) is 0 Å². The molecular formula is C21H16N6OS. The van der Waals surface area contributed by atoms with Crippen molar-refractivity contribution in [1.82, 2.24) is 29.9 Å². The lowest BCUT2D eigenvalue weighted by atomic mass is 10.1. The quantitative estimate of drug-likeness (QED) is 0.318. The Balaban J connectivity index is 1.39. The number of aromatic nitrogens is 6. The molecule has 5 aromatic rings. The number of aryl methyl sites for hydroxylation is 1. The fourth-order valence-electron chi connectivity index (χ4n) is 3.07. The third kappa shape index (κ3) is 3.38. The van der Waals surface area contributed by atoms with Crippen molar-refractivity contribution in [2.45, 2.75) is 17.7 Å². The van der Waals surface area contributed by atoms with Crippen molar-refractivity contribution >= 4 is 22.8 Å². The lowest BCUT2D eigenvalue weighted by molar-refractivity contribution is 0.391. The highest BCUT2D eigenvalue weighted by Gasteiger charge is 2.14. The number of rotatable bonds is 5. The van der Waals surface area contributed by atoms with Gasteiger partial charge in [0.25, 0.3) is 0 Å². The van der Waals surface area contributed by atoms with E-state index in [0.717, 1.165) is 32.9 Å². The molecular weight excluding hydrogens is 384 g/mol. The Hall–Kier alpha value is -3.52. The molecule has 3 aromatic heterocycles. The van der Waals surface area contributed by atoms with Crippen LogP contribution in [-0.2, 0) is 5.75 Å². The number of para-hydroxylation sites is 1. The molecule has 7 nitrogen and oxygen atoms in total. The van der Waals surface area contributed by atoms with E-state index in [1.807, 2.05) is 66.2 Å². The Kier molecular flexibility index (Phi) is 4.53. The van der Waals surface area contributed by atoms with Gasteiger partial charge in [0, 0.05) is 5.56 Å². The maximum atomic E-state index is 5.44. The molecule has 0 bridgehead atoms. The maximum absolute atomic E-state index is 5.44. The Morgan fingerprint density at radius 3 is 2.69 bits per heavy atom. The first-order chi connectivity index (χ1) is 14.3. The van der Waals surface area contributed by atoms with E-state index in [1.165, 1.54) is 11.8 Å². The first-order valence-corrected chi connectivity index (χ1v) is 10.0. The Morgan fingerprint density at radius 1 is 1.00 bits per heavy atom. The summed E-state index contributed by atoms with van der Waals surface area (Å²) in [7, 11) is 0. The van der Waals surface area contributed by atoms with Crippen LogP contribution in [0.2, 0.25) is 0 Å². The van der Waals surface area contributed by atoms with Crippen LogP contribution in [0.1, 0.15) is 11.5 Å². The van der Waals surface area contributed by atoms with E-state index in [2.05, 4.69) is 25.2 Å². The SMILES string of the molecule is Cc1ccccc1-c1noc(CSc2ncnc3c2cnn3-c2ccccc2)n1. The number of thioether (sulfide) groups is 1. The minimum Gasteiger partial charge on any atom is -0.338 e. The van der Waals surface area contributed by atoms with E-state index in [1.54, 1.807) is 12.5 Å². The third-order valence-corrected chi connectivity index (χ3v) is 5.51. The highest BCUT2D eigenvalue weighted by atomic mass is 32.2. The van der Waals surface area contributed by atoms with E-state index < -0.39 is 0 Å². The van der Waals surface area contributed by atoms with Gasteiger partial charge in [0.15, 0.2) is 5.65 Å². The molecule has 0 saturated heterocycles. The molecule has 0 radical (unpaired) electrons. The molecule has 29 heavy (non-hydrogen) atoms. The van der Waals surface area contributed by atoms with Gasteiger partial charge in [0.05, 0.1) is 23.0 Å². The summed E-state index contributed by atoms with van der Waals surface area (Å²) in [6, 6.07) is 17.9. The van der Waals surface area contributed by atoms with Gasteiger partial charge >= 0.3 is 0 Å². The van der Waals surface area contributed by atoms with Crippen molar-refractivity contribution in [3.63, 3.8) is 0 Å². The highest BCUT2D eigenvalue weighted by molar-refractivity contribution is 7.98. The molecule has 3 heterocycles. The van der Waals surface area contributed by atoms with Crippen LogP contribution in [0.4, 0.5) is 0 Å². The van der Waals surface area contributed by atoms with Gasteiger partial charge in [0.2, 0.25) is 11.7 Å². The average molecular weight is 400 g/mol. The zero-order chi connectivity index (χ0) is 19.6. The molecule has 0 spiro atoms. The Labute approximate surface area is 170 Å². The number of fused-ring (bicyclic) bond motifs is 1. The second kappa shape index (κ2) is 7.48. The lowest BCUT2D eigenvalue weighted by Gasteiger charge is -2.03. The predicted octanol–water partition coefficient (Wildman–Crippen LogP) is 4.47. The molecule has 2 aromatic carbocycles. The number of benzene rings is 2. The summed E-state index contributed by atoms with van der Waals surface area (Å²) in [5, 5.41) is 10.3. The van der Waals surface area contributed by atoms with Crippen molar-refractivity contribution in [3.05, 3.63) is 78.6 Å². The van der Waals surface area contributed by atoms with Crippen LogP contribution in [0.5, 0.6) is 0 Å². The molecule has 0 fully saturated rings. The molecule has 0 unspecified atom stereocenters. The molecule has 142 valence electrons. The van der Waals surface area contributed by atoms with E-state index in [9.17, 15) is 0 Å². The minimum absolute atomic E-state index is 0.515. The smallest absolute Gasteiger partial charge is 0.237 e. The number of hydrogen-bond acceptors (Lipinski definition) is 7. The van der Waals surface area contributed by atoms with E-state index >= 15 is 0 Å². The summed E-state index contributed by atoms with van der Waals surface area (Å²) >= 11 is 1.52. The van der Waals surface area contributed by atoms with Gasteiger partial charge in [-0.15, -0.1) is 0 Å².